The molecule has 0 atom stereocenters. The molecule has 0 saturated carbocycles. The summed E-state index contributed by atoms with van der Waals surface area (Å²) < 4.78 is 13.0. The Balaban J connectivity index is 1.37. The first kappa shape index (κ1) is 19.2. The summed E-state index contributed by atoms with van der Waals surface area (Å²) in [7, 11) is 0. The highest BCUT2D eigenvalue weighted by molar-refractivity contribution is 5.89. The van der Waals surface area contributed by atoms with Gasteiger partial charge in [-0.3, -0.25) is 4.90 Å². The van der Waals surface area contributed by atoms with Crippen LogP contribution in [0.3, 0.4) is 0 Å². The fraction of sp³-hybridized carbons (Fsp3) is 0.381. The number of rotatable bonds is 5. The predicted molar refractivity (Wildman–Crippen MR) is 108 cm³/mol. The number of carbonyl (C=O) groups excluding carboxylic acids is 1. The van der Waals surface area contributed by atoms with E-state index < -0.39 is 0 Å². The maximum absolute atomic E-state index is 13.0. The minimum absolute atomic E-state index is 0.176. The number of carbonyl (C=O) groups is 1. The largest absolute Gasteiger partial charge is 0.369 e. The Morgan fingerprint density at radius 1 is 1.00 bits per heavy atom. The molecule has 144 valence electrons. The molecule has 0 spiro atoms. The zero-order valence-corrected chi connectivity index (χ0v) is 16.0. The van der Waals surface area contributed by atoms with Crippen LogP contribution in [0.15, 0.2) is 42.5 Å². The Labute approximate surface area is 160 Å². The molecule has 1 aliphatic rings. The van der Waals surface area contributed by atoms with Crippen LogP contribution >= 0.6 is 0 Å². The van der Waals surface area contributed by atoms with Gasteiger partial charge in [0.2, 0.25) is 0 Å². The van der Waals surface area contributed by atoms with Gasteiger partial charge in [-0.25, -0.2) is 9.18 Å². The fourth-order valence-corrected chi connectivity index (χ4v) is 3.43. The van der Waals surface area contributed by atoms with E-state index in [9.17, 15) is 9.18 Å². The first-order valence-electron chi connectivity index (χ1n) is 9.35. The van der Waals surface area contributed by atoms with Crippen molar-refractivity contribution in [1.82, 2.24) is 10.2 Å². The zero-order valence-electron chi connectivity index (χ0n) is 16.0. The maximum Gasteiger partial charge on any atom is 0.319 e. The van der Waals surface area contributed by atoms with Crippen molar-refractivity contribution < 1.29 is 9.18 Å². The molecule has 1 aliphatic heterocycles. The lowest BCUT2D eigenvalue weighted by atomic mass is 10.1. The summed E-state index contributed by atoms with van der Waals surface area (Å²) in [6, 6.07) is 12.5. The Bertz CT molecular complexity index is 750. The van der Waals surface area contributed by atoms with Gasteiger partial charge in [-0.2, -0.15) is 0 Å². The molecular formula is C21H27FN4O. The van der Waals surface area contributed by atoms with Gasteiger partial charge in [0.15, 0.2) is 0 Å². The number of hydrogen-bond acceptors (Lipinski definition) is 3. The van der Waals surface area contributed by atoms with E-state index in [-0.39, 0.29) is 11.8 Å². The Morgan fingerprint density at radius 2 is 1.63 bits per heavy atom. The molecule has 0 aliphatic carbocycles. The Kier molecular flexibility index (Phi) is 6.29. The third-order valence-corrected chi connectivity index (χ3v) is 4.76. The molecule has 6 heteroatoms. The molecule has 1 saturated heterocycles. The van der Waals surface area contributed by atoms with E-state index in [2.05, 4.69) is 26.5 Å². The molecule has 27 heavy (non-hydrogen) atoms. The number of hydrogen-bond donors (Lipinski definition) is 2. The van der Waals surface area contributed by atoms with Crippen LogP contribution in [0.4, 0.5) is 20.6 Å². The van der Waals surface area contributed by atoms with Crippen molar-refractivity contribution in [3.05, 3.63) is 59.4 Å². The van der Waals surface area contributed by atoms with Gasteiger partial charge < -0.3 is 15.5 Å². The third-order valence-electron chi connectivity index (χ3n) is 4.76. The quantitative estimate of drug-likeness (QED) is 0.848. The lowest BCUT2D eigenvalue weighted by molar-refractivity contribution is 0.240. The van der Waals surface area contributed by atoms with E-state index in [1.54, 1.807) is 0 Å². The second-order valence-electron chi connectivity index (χ2n) is 7.06. The summed E-state index contributed by atoms with van der Waals surface area (Å²) in [5, 5.41) is 5.81. The van der Waals surface area contributed by atoms with E-state index in [0.717, 1.165) is 55.2 Å². The normalized spacial score (nSPS) is 14.9. The van der Waals surface area contributed by atoms with Gasteiger partial charge in [-0.15, -0.1) is 0 Å². The van der Waals surface area contributed by atoms with E-state index in [1.165, 1.54) is 12.1 Å². The second kappa shape index (κ2) is 8.86. The molecule has 2 N–H and O–H groups in total. The van der Waals surface area contributed by atoms with Crippen molar-refractivity contribution in [2.45, 2.75) is 13.8 Å². The summed E-state index contributed by atoms with van der Waals surface area (Å²) in [4.78, 5) is 16.7. The second-order valence-corrected chi connectivity index (χ2v) is 7.06. The Morgan fingerprint density at radius 3 is 2.26 bits per heavy atom. The number of urea groups is 1. The topological polar surface area (TPSA) is 47.6 Å². The number of halogens is 1. The first-order valence-corrected chi connectivity index (χ1v) is 9.35. The van der Waals surface area contributed by atoms with Gasteiger partial charge in [-0.05, 0) is 61.4 Å². The monoisotopic (exact) mass is 370 g/mol. The number of piperazine rings is 1. The van der Waals surface area contributed by atoms with Crippen molar-refractivity contribution in [3.63, 3.8) is 0 Å². The highest BCUT2D eigenvalue weighted by Gasteiger charge is 2.17. The van der Waals surface area contributed by atoms with Crippen molar-refractivity contribution in [1.29, 1.82) is 0 Å². The van der Waals surface area contributed by atoms with Crippen LogP contribution in [0.5, 0.6) is 0 Å². The summed E-state index contributed by atoms with van der Waals surface area (Å²) in [6.45, 7) is 9.12. The molecule has 5 nitrogen and oxygen atoms in total. The van der Waals surface area contributed by atoms with Crippen LogP contribution in [-0.2, 0) is 0 Å². The van der Waals surface area contributed by atoms with Crippen molar-refractivity contribution >= 4 is 17.4 Å². The summed E-state index contributed by atoms with van der Waals surface area (Å²) in [6.07, 6.45) is 0. The van der Waals surface area contributed by atoms with E-state index in [0.29, 0.717) is 6.54 Å². The molecule has 0 bridgehead atoms. The van der Waals surface area contributed by atoms with Crippen molar-refractivity contribution in [2.24, 2.45) is 0 Å². The SMILES string of the molecule is Cc1cc(C)cc(NC(=O)NCCN2CCN(c3ccc(F)cc3)CC2)c1. The first-order chi connectivity index (χ1) is 13.0. The molecule has 0 unspecified atom stereocenters. The minimum Gasteiger partial charge on any atom is -0.369 e. The molecular weight excluding hydrogens is 343 g/mol. The summed E-state index contributed by atoms with van der Waals surface area (Å²) in [5.74, 6) is -0.206. The zero-order chi connectivity index (χ0) is 19.2. The Hall–Kier alpha value is -2.60. The summed E-state index contributed by atoms with van der Waals surface area (Å²) in [5.41, 5.74) is 4.13. The molecule has 0 radical (unpaired) electrons. The van der Waals surface area contributed by atoms with Gasteiger partial charge in [-0.1, -0.05) is 6.07 Å². The third kappa shape index (κ3) is 5.69. The summed E-state index contributed by atoms with van der Waals surface area (Å²) >= 11 is 0. The lowest BCUT2D eigenvalue weighted by Gasteiger charge is -2.36. The average molecular weight is 370 g/mol. The minimum atomic E-state index is -0.206. The van der Waals surface area contributed by atoms with Gasteiger partial charge in [0.05, 0.1) is 0 Å². The molecule has 0 aromatic heterocycles. The number of benzene rings is 2. The van der Waals surface area contributed by atoms with E-state index in [4.69, 9.17) is 0 Å². The van der Waals surface area contributed by atoms with Crippen LogP contribution in [-0.4, -0.2) is 50.2 Å². The highest BCUT2D eigenvalue weighted by Crippen LogP contribution is 2.17. The smallest absolute Gasteiger partial charge is 0.319 e. The molecule has 3 rings (SSSR count). The number of aryl methyl sites for hydroxylation is 2. The maximum atomic E-state index is 13.0. The highest BCUT2D eigenvalue weighted by atomic mass is 19.1. The van der Waals surface area contributed by atoms with Crippen LogP contribution in [0.2, 0.25) is 0 Å². The number of nitrogens with zero attached hydrogens (tertiary/aromatic N) is 2. The standard InChI is InChI=1S/C21H27FN4O/c1-16-13-17(2)15-19(14-16)24-21(27)23-7-8-25-9-11-26(12-10-25)20-5-3-18(22)4-6-20/h3-6,13-15H,7-12H2,1-2H3,(H2,23,24,27). The van der Waals surface area contributed by atoms with Gasteiger partial charge in [0.25, 0.3) is 0 Å². The molecule has 2 amide bonds. The lowest BCUT2D eigenvalue weighted by Crippen LogP contribution is -2.48. The molecule has 1 fully saturated rings. The van der Waals surface area contributed by atoms with Crippen LogP contribution < -0.4 is 15.5 Å². The van der Waals surface area contributed by atoms with Crippen LogP contribution in [0.1, 0.15) is 11.1 Å². The van der Waals surface area contributed by atoms with Gasteiger partial charge >= 0.3 is 6.03 Å². The molecule has 2 aromatic carbocycles. The molecule has 1 heterocycles. The number of anilines is 2. The number of nitrogens with one attached hydrogen (secondary N) is 2. The van der Waals surface area contributed by atoms with E-state index >= 15 is 0 Å². The molecule has 2 aromatic rings. The van der Waals surface area contributed by atoms with Gasteiger partial charge in [0.1, 0.15) is 5.82 Å². The van der Waals surface area contributed by atoms with Crippen LogP contribution in [0, 0.1) is 19.7 Å². The van der Waals surface area contributed by atoms with Gasteiger partial charge in [0, 0.05) is 50.6 Å². The number of amides is 2. The van der Waals surface area contributed by atoms with Crippen molar-refractivity contribution in [2.75, 3.05) is 49.5 Å². The van der Waals surface area contributed by atoms with E-state index in [1.807, 2.05) is 38.1 Å². The van der Waals surface area contributed by atoms with Crippen molar-refractivity contribution in [3.8, 4) is 0 Å². The fourth-order valence-electron chi connectivity index (χ4n) is 3.43. The van der Waals surface area contributed by atoms with Crippen LogP contribution in [0.25, 0.3) is 0 Å². The average Bonchev–Trinajstić information content (AvgIpc) is 2.62. The predicted octanol–water partition coefficient (Wildman–Crippen LogP) is 3.39.